The van der Waals surface area contributed by atoms with Crippen LogP contribution < -0.4 is 5.32 Å². The van der Waals surface area contributed by atoms with Crippen LogP contribution in [0.25, 0.3) is 0 Å². The lowest BCUT2D eigenvalue weighted by Crippen LogP contribution is -2.14. The molecule has 1 atom stereocenters. The van der Waals surface area contributed by atoms with Gasteiger partial charge in [-0.2, -0.15) is 0 Å². The Labute approximate surface area is 98.0 Å². The highest BCUT2D eigenvalue weighted by Gasteiger charge is 2.13. The molecule has 0 aromatic carbocycles. The average Bonchev–Trinajstić information content (AvgIpc) is 2.43. The van der Waals surface area contributed by atoms with Crippen LogP contribution in [0.4, 0.5) is 0 Å². The van der Waals surface area contributed by atoms with E-state index < -0.39 is 0 Å². The van der Waals surface area contributed by atoms with Gasteiger partial charge in [0.15, 0.2) is 0 Å². The molecule has 78 valence electrons. The molecular weight excluding hydrogens is 258 g/mol. The molecular formula is C11H16BrNS. The minimum Gasteiger partial charge on any atom is -0.317 e. The van der Waals surface area contributed by atoms with E-state index in [4.69, 9.17) is 0 Å². The van der Waals surface area contributed by atoms with Crippen LogP contribution >= 0.6 is 27.3 Å². The van der Waals surface area contributed by atoms with Crippen LogP contribution in [0.2, 0.25) is 0 Å². The summed E-state index contributed by atoms with van der Waals surface area (Å²) in [7, 11) is 0. The normalized spacial score (nSPS) is 23.4. The summed E-state index contributed by atoms with van der Waals surface area (Å²) in [6, 6.07) is 2.27. The highest BCUT2D eigenvalue weighted by atomic mass is 79.9. The van der Waals surface area contributed by atoms with Gasteiger partial charge in [-0.3, -0.25) is 0 Å². The molecule has 0 radical (unpaired) electrons. The molecule has 1 aromatic rings. The summed E-state index contributed by atoms with van der Waals surface area (Å²) in [6.45, 7) is 2.42. The van der Waals surface area contributed by atoms with Crippen molar-refractivity contribution in [2.45, 2.75) is 25.7 Å². The molecule has 1 aromatic heterocycles. The van der Waals surface area contributed by atoms with Crippen molar-refractivity contribution >= 4 is 27.3 Å². The fourth-order valence-corrected chi connectivity index (χ4v) is 3.61. The second-order valence-corrected chi connectivity index (χ2v) is 5.89. The molecule has 3 heteroatoms. The third-order valence-corrected chi connectivity index (χ3v) is 4.53. The van der Waals surface area contributed by atoms with Crippen LogP contribution in [-0.4, -0.2) is 13.1 Å². The molecule has 0 spiro atoms. The maximum absolute atomic E-state index is 3.51. The number of hydrogen-bond acceptors (Lipinski definition) is 2. The first kappa shape index (κ1) is 10.7. The van der Waals surface area contributed by atoms with Crippen molar-refractivity contribution in [3.8, 4) is 0 Å². The quantitative estimate of drug-likeness (QED) is 0.871. The van der Waals surface area contributed by atoms with E-state index in [0.29, 0.717) is 0 Å². The Morgan fingerprint density at radius 1 is 1.43 bits per heavy atom. The predicted octanol–water partition coefficient (Wildman–Crippen LogP) is 3.44. The van der Waals surface area contributed by atoms with Crippen molar-refractivity contribution in [3.63, 3.8) is 0 Å². The molecule has 1 N–H and O–H groups in total. The van der Waals surface area contributed by atoms with Crippen molar-refractivity contribution in [1.82, 2.24) is 5.32 Å². The summed E-state index contributed by atoms with van der Waals surface area (Å²) >= 11 is 5.39. The van der Waals surface area contributed by atoms with Gasteiger partial charge in [0.1, 0.15) is 0 Å². The van der Waals surface area contributed by atoms with Crippen LogP contribution in [0.3, 0.4) is 0 Å². The maximum atomic E-state index is 3.51. The summed E-state index contributed by atoms with van der Waals surface area (Å²) in [5.41, 5.74) is 0. The standard InChI is InChI=1S/C11H16BrNS/c12-10-7-11(14-8-10)6-9-2-1-4-13-5-3-9/h7-9,13H,1-6H2. The van der Waals surface area contributed by atoms with Gasteiger partial charge in [0.05, 0.1) is 0 Å². The summed E-state index contributed by atoms with van der Waals surface area (Å²) in [6.07, 6.45) is 5.35. The van der Waals surface area contributed by atoms with Crippen LogP contribution in [0, 0.1) is 5.92 Å². The molecule has 1 nitrogen and oxygen atoms in total. The van der Waals surface area contributed by atoms with Gasteiger partial charge >= 0.3 is 0 Å². The monoisotopic (exact) mass is 273 g/mol. The highest BCUT2D eigenvalue weighted by Crippen LogP contribution is 2.25. The van der Waals surface area contributed by atoms with Gasteiger partial charge in [-0.05, 0) is 66.7 Å². The largest absolute Gasteiger partial charge is 0.317 e. The van der Waals surface area contributed by atoms with E-state index in [1.54, 1.807) is 0 Å². The Morgan fingerprint density at radius 3 is 3.14 bits per heavy atom. The fourth-order valence-electron chi connectivity index (χ4n) is 2.04. The lowest BCUT2D eigenvalue weighted by Gasteiger charge is -2.11. The molecule has 1 unspecified atom stereocenters. The van der Waals surface area contributed by atoms with Gasteiger partial charge in [0, 0.05) is 14.7 Å². The van der Waals surface area contributed by atoms with E-state index in [1.807, 2.05) is 11.3 Å². The van der Waals surface area contributed by atoms with Gasteiger partial charge in [0.2, 0.25) is 0 Å². The van der Waals surface area contributed by atoms with Crippen LogP contribution in [0.1, 0.15) is 24.1 Å². The van der Waals surface area contributed by atoms with E-state index >= 15 is 0 Å². The first-order valence-electron chi connectivity index (χ1n) is 5.28. The zero-order valence-corrected chi connectivity index (χ0v) is 10.7. The van der Waals surface area contributed by atoms with Gasteiger partial charge in [-0.1, -0.05) is 0 Å². The second-order valence-electron chi connectivity index (χ2n) is 3.98. The molecule has 1 aliphatic rings. The van der Waals surface area contributed by atoms with E-state index in [9.17, 15) is 0 Å². The molecule has 2 rings (SSSR count). The van der Waals surface area contributed by atoms with Crippen molar-refractivity contribution in [3.05, 3.63) is 20.8 Å². The molecule has 2 heterocycles. The molecule has 1 aliphatic heterocycles. The third kappa shape index (κ3) is 3.07. The zero-order valence-electron chi connectivity index (χ0n) is 8.26. The summed E-state index contributed by atoms with van der Waals surface area (Å²) in [5, 5.41) is 5.65. The molecule has 0 bridgehead atoms. The average molecular weight is 274 g/mol. The first-order chi connectivity index (χ1) is 6.84. The van der Waals surface area contributed by atoms with Crippen molar-refractivity contribution in [1.29, 1.82) is 0 Å². The Hall–Kier alpha value is 0.140. The lowest BCUT2D eigenvalue weighted by molar-refractivity contribution is 0.473. The Kier molecular flexibility index (Phi) is 4.02. The molecule has 0 saturated carbocycles. The SMILES string of the molecule is Brc1csc(CC2CCCNCC2)c1. The lowest BCUT2D eigenvalue weighted by atomic mass is 9.96. The molecule has 14 heavy (non-hydrogen) atoms. The number of hydrogen-bond donors (Lipinski definition) is 1. The maximum Gasteiger partial charge on any atom is 0.0285 e. The van der Waals surface area contributed by atoms with Gasteiger partial charge in [-0.15, -0.1) is 11.3 Å². The fraction of sp³-hybridized carbons (Fsp3) is 0.636. The van der Waals surface area contributed by atoms with E-state index in [0.717, 1.165) is 5.92 Å². The topological polar surface area (TPSA) is 12.0 Å². The minimum absolute atomic E-state index is 0.899. The summed E-state index contributed by atoms with van der Waals surface area (Å²) < 4.78 is 1.24. The Morgan fingerprint density at radius 2 is 2.36 bits per heavy atom. The van der Waals surface area contributed by atoms with E-state index in [2.05, 4.69) is 32.7 Å². The van der Waals surface area contributed by atoms with Crippen LogP contribution in [0.15, 0.2) is 15.9 Å². The van der Waals surface area contributed by atoms with E-state index in [-0.39, 0.29) is 0 Å². The molecule has 0 amide bonds. The Balaban J connectivity index is 1.89. The number of rotatable bonds is 2. The number of halogens is 1. The number of thiophene rings is 1. The van der Waals surface area contributed by atoms with Crippen molar-refractivity contribution < 1.29 is 0 Å². The van der Waals surface area contributed by atoms with Gasteiger partial charge in [0.25, 0.3) is 0 Å². The smallest absolute Gasteiger partial charge is 0.0285 e. The molecule has 0 aliphatic carbocycles. The van der Waals surface area contributed by atoms with Crippen LogP contribution in [-0.2, 0) is 6.42 Å². The summed E-state index contributed by atoms with van der Waals surface area (Å²) in [4.78, 5) is 1.53. The van der Waals surface area contributed by atoms with Gasteiger partial charge < -0.3 is 5.32 Å². The van der Waals surface area contributed by atoms with Gasteiger partial charge in [-0.25, -0.2) is 0 Å². The van der Waals surface area contributed by atoms with Crippen LogP contribution in [0.5, 0.6) is 0 Å². The van der Waals surface area contributed by atoms with E-state index in [1.165, 1.54) is 48.1 Å². The van der Waals surface area contributed by atoms with Crippen molar-refractivity contribution in [2.24, 2.45) is 5.92 Å². The first-order valence-corrected chi connectivity index (χ1v) is 6.95. The minimum atomic E-state index is 0.899. The van der Waals surface area contributed by atoms with Crippen molar-refractivity contribution in [2.75, 3.05) is 13.1 Å². The zero-order chi connectivity index (χ0) is 9.80. The predicted molar refractivity (Wildman–Crippen MR) is 65.9 cm³/mol. The number of nitrogens with one attached hydrogen (secondary N) is 1. The summed E-state index contributed by atoms with van der Waals surface area (Å²) in [5.74, 6) is 0.899. The Bertz CT molecular complexity index is 277. The second kappa shape index (κ2) is 5.29. The highest BCUT2D eigenvalue weighted by molar-refractivity contribution is 9.10. The molecule has 1 fully saturated rings. The third-order valence-electron chi connectivity index (χ3n) is 2.81. The molecule has 1 saturated heterocycles.